The Morgan fingerprint density at radius 2 is 2.04 bits per heavy atom. The van der Waals surface area contributed by atoms with Crippen molar-refractivity contribution >= 4 is 17.2 Å². The molecule has 0 aliphatic carbocycles. The van der Waals surface area contributed by atoms with E-state index in [9.17, 15) is 4.79 Å². The molecule has 0 bridgehead atoms. The van der Waals surface area contributed by atoms with Crippen LogP contribution in [0.25, 0.3) is 0 Å². The molecule has 2 heterocycles. The molecule has 1 aromatic heterocycles. The Morgan fingerprint density at radius 3 is 2.78 bits per heavy atom. The van der Waals surface area contributed by atoms with Crippen LogP contribution in [0.3, 0.4) is 0 Å². The minimum absolute atomic E-state index is 0.0544. The molecule has 3 rings (SSSR count). The van der Waals surface area contributed by atoms with Gasteiger partial charge in [-0.15, -0.1) is 11.3 Å². The lowest BCUT2D eigenvalue weighted by atomic mass is 10.1. The van der Waals surface area contributed by atoms with Gasteiger partial charge in [-0.1, -0.05) is 17.7 Å². The summed E-state index contributed by atoms with van der Waals surface area (Å²) in [7, 11) is 0. The Bertz CT molecular complexity index is 690. The summed E-state index contributed by atoms with van der Waals surface area (Å²) < 4.78 is 5.84. The lowest BCUT2D eigenvalue weighted by Crippen LogP contribution is -2.35. The Kier molecular flexibility index (Phi) is 4.96. The van der Waals surface area contributed by atoms with Crippen LogP contribution in [0.1, 0.15) is 45.9 Å². The van der Waals surface area contributed by atoms with E-state index in [0.29, 0.717) is 12.3 Å². The molecule has 1 aliphatic rings. The van der Waals surface area contributed by atoms with E-state index in [2.05, 4.69) is 18.0 Å². The van der Waals surface area contributed by atoms with Gasteiger partial charge < -0.3 is 9.64 Å². The summed E-state index contributed by atoms with van der Waals surface area (Å²) in [5.41, 5.74) is 2.89. The third kappa shape index (κ3) is 3.91. The molecule has 0 radical (unpaired) electrons. The van der Waals surface area contributed by atoms with E-state index in [1.807, 2.05) is 29.3 Å². The summed E-state index contributed by atoms with van der Waals surface area (Å²) in [5, 5.41) is 2.68. The second-order valence-corrected chi connectivity index (χ2v) is 6.98. The Labute approximate surface area is 141 Å². The van der Waals surface area contributed by atoms with Gasteiger partial charge in [0.05, 0.1) is 0 Å². The largest absolute Gasteiger partial charge is 0.486 e. The van der Waals surface area contributed by atoms with Crippen LogP contribution in [-0.2, 0) is 6.61 Å². The number of hydrogen-bond acceptors (Lipinski definition) is 4. The summed E-state index contributed by atoms with van der Waals surface area (Å²) in [6.45, 7) is 6.21. The molecule has 5 heteroatoms. The molecular weight excluding hydrogens is 308 g/mol. The van der Waals surface area contributed by atoms with Crippen molar-refractivity contribution in [3.05, 3.63) is 45.4 Å². The molecule has 122 valence electrons. The predicted octanol–water partition coefficient (Wildman–Crippen LogP) is 3.97. The standard InChI is InChI=1S/C18H22N2O2S/c1-13-6-7-16(14(2)10-13)22-11-17-19-15(12-23-17)18(21)20-8-4-3-5-9-20/h6-7,10,12H,3-5,8-9,11H2,1-2H3. The summed E-state index contributed by atoms with van der Waals surface area (Å²) >= 11 is 1.49. The van der Waals surface area contributed by atoms with Gasteiger partial charge in [-0.25, -0.2) is 4.98 Å². The van der Waals surface area contributed by atoms with Crippen LogP contribution >= 0.6 is 11.3 Å². The van der Waals surface area contributed by atoms with Gasteiger partial charge in [0.15, 0.2) is 0 Å². The number of rotatable bonds is 4. The van der Waals surface area contributed by atoms with Crippen LogP contribution < -0.4 is 4.74 Å². The zero-order valence-corrected chi connectivity index (χ0v) is 14.5. The fraction of sp³-hybridized carbons (Fsp3) is 0.444. The zero-order valence-electron chi connectivity index (χ0n) is 13.7. The molecule has 23 heavy (non-hydrogen) atoms. The van der Waals surface area contributed by atoms with E-state index in [0.717, 1.165) is 42.3 Å². The molecule has 1 saturated heterocycles. The number of thiazole rings is 1. The lowest BCUT2D eigenvalue weighted by Gasteiger charge is -2.25. The highest BCUT2D eigenvalue weighted by atomic mass is 32.1. The van der Waals surface area contributed by atoms with E-state index in [-0.39, 0.29) is 5.91 Å². The van der Waals surface area contributed by atoms with Crippen LogP contribution in [0.5, 0.6) is 5.75 Å². The summed E-state index contributed by atoms with van der Waals surface area (Å²) in [6, 6.07) is 6.12. The van der Waals surface area contributed by atoms with Crippen LogP contribution in [0.2, 0.25) is 0 Å². The molecule has 0 saturated carbocycles. The molecule has 4 nitrogen and oxygen atoms in total. The van der Waals surface area contributed by atoms with E-state index in [1.54, 1.807) is 0 Å². The van der Waals surface area contributed by atoms with Crippen LogP contribution in [0.15, 0.2) is 23.6 Å². The summed E-state index contributed by atoms with van der Waals surface area (Å²) in [4.78, 5) is 18.8. The van der Waals surface area contributed by atoms with Gasteiger partial charge in [-0.2, -0.15) is 0 Å². The first kappa shape index (κ1) is 16.0. The molecule has 0 spiro atoms. The first-order chi connectivity index (χ1) is 11.1. The monoisotopic (exact) mass is 330 g/mol. The van der Waals surface area contributed by atoms with E-state index in [1.165, 1.54) is 23.3 Å². The number of ether oxygens (including phenoxy) is 1. The van der Waals surface area contributed by atoms with E-state index >= 15 is 0 Å². The van der Waals surface area contributed by atoms with Crippen molar-refractivity contribution in [1.29, 1.82) is 0 Å². The minimum atomic E-state index is 0.0544. The van der Waals surface area contributed by atoms with Crippen molar-refractivity contribution < 1.29 is 9.53 Å². The Hall–Kier alpha value is -1.88. The minimum Gasteiger partial charge on any atom is -0.486 e. The summed E-state index contributed by atoms with van der Waals surface area (Å²) in [6.07, 6.45) is 3.41. The molecular formula is C18H22N2O2S. The quantitative estimate of drug-likeness (QED) is 0.852. The number of carbonyl (C=O) groups excluding carboxylic acids is 1. The van der Waals surface area contributed by atoms with Crippen molar-refractivity contribution in [2.45, 2.75) is 39.7 Å². The van der Waals surface area contributed by atoms with Crippen molar-refractivity contribution in [2.24, 2.45) is 0 Å². The third-order valence-electron chi connectivity index (χ3n) is 4.10. The van der Waals surface area contributed by atoms with Crippen molar-refractivity contribution in [1.82, 2.24) is 9.88 Å². The van der Waals surface area contributed by atoms with Gasteiger partial charge >= 0.3 is 0 Å². The van der Waals surface area contributed by atoms with E-state index in [4.69, 9.17) is 4.74 Å². The van der Waals surface area contributed by atoms with Crippen LogP contribution in [0, 0.1) is 13.8 Å². The lowest BCUT2D eigenvalue weighted by molar-refractivity contribution is 0.0719. The number of nitrogens with zero attached hydrogens (tertiary/aromatic N) is 2. The number of benzene rings is 1. The second kappa shape index (κ2) is 7.13. The maximum Gasteiger partial charge on any atom is 0.273 e. The van der Waals surface area contributed by atoms with Gasteiger partial charge in [0.1, 0.15) is 23.1 Å². The van der Waals surface area contributed by atoms with Crippen molar-refractivity contribution in [3.63, 3.8) is 0 Å². The van der Waals surface area contributed by atoms with Gasteiger partial charge in [0.25, 0.3) is 5.91 Å². The zero-order chi connectivity index (χ0) is 16.2. The molecule has 0 unspecified atom stereocenters. The van der Waals surface area contributed by atoms with Gasteiger partial charge in [0.2, 0.25) is 0 Å². The third-order valence-corrected chi connectivity index (χ3v) is 4.92. The fourth-order valence-corrected chi connectivity index (χ4v) is 3.51. The summed E-state index contributed by atoms with van der Waals surface area (Å²) in [5.74, 6) is 0.924. The SMILES string of the molecule is Cc1ccc(OCc2nc(C(=O)N3CCCCC3)cs2)c(C)c1. The molecule has 1 aromatic carbocycles. The molecule has 1 aliphatic heterocycles. The first-order valence-electron chi connectivity index (χ1n) is 8.07. The first-order valence-corrected chi connectivity index (χ1v) is 8.95. The normalized spacial score (nSPS) is 14.8. The number of hydrogen-bond donors (Lipinski definition) is 0. The smallest absolute Gasteiger partial charge is 0.273 e. The number of aromatic nitrogens is 1. The maximum atomic E-state index is 12.4. The molecule has 0 N–H and O–H groups in total. The van der Waals surface area contributed by atoms with Crippen molar-refractivity contribution in [2.75, 3.05) is 13.1 Å². The Morgan fingerprint density at radius 1 is 1.26 bits per heavy atom. The molecule has 2 aromatic rings. The molecule has 1 fully saturated rings. The number of amides is 1. The maximum absolute atomic E-state index is 12.4. The van der Waals surface area contributed by atoms with Gasteiger partial charge in [0, 0.05) is 18.5 Å². The topological polar surface area (TPSA) is 42.4 Å². The predicted molar refractivity (Wildman–Crippen MR) is 92.1 cm³/mol. The van der Waals surface area contributed by atoms with Gasteiger partial charge in [-0.3, -0.25) is 4.79 Å². The number of carbonyl (C=O) groups is 1. The molecule has 1 amide bonds. The number of piperidine rings is 1. The molecule has 0 atom stereocenters. The average molecular weight is 330 g/mol. The van der Waals surface area contributed by atoms with E-state index < -0.39 is 0 Å². The average Bonchev–Trinajstić information content (AvgIpc) is 3.03. The number of aryl methyl sites for hydroxylation is 2. The van der Waals surface area contributed by atoms with Gasteiger partial charge in [-0.05, 0) is 44.7 Å². The highest BCUT2D eigenvalue weighted by molar-refractivity contribution is 7.09. The highest BCUT2D eigenvalue weighted by Gasteiger charge is 2.20. The van der Waals surface area contributed by atoms with Crippen molar-refractivity contribution in [3.8, 4) is 5.75 Å². The Balaban J connectivity index is 1.61. The fourth-order valence-electron chi connectivity index (χ4n) is 2.84. The highest BCUT2D eigenvalue weighted by Crippen LogP contribution is 2.21. The number of likely N-dealkylation sites (tertiary alicyclic amines) is 1. The van der Waals surface area contributed by atoms with Crippen LogP contribution in [-0.4, -0.2) is 28.9 Å². The van der Waals surface area contributed by atoms with Crippen LogP contribution in [0.4, 0.5) is 0 Å². The second-order valence-electron chi connectivity index (χ2n) is 6.04.